The van der Waals surface area contributed by atoms with Gasteiger partial charge in [-0.25, -0.2) is 4.79 Å². The Bertz CT molecular complexity index is 438. The molecule has 6 heteroatoms. The molecule has 0 bridgehead atoms. The fourth-order valence-corrected chi connectivity index (χ4v) is 3.60. The molecule has 0 aliphatic carbocycles. The summed E-state index contributed by atoms with van der Waals surface area (Å²) >= 11 is 1.80. The van der Waals surface area contributed by atoms with Crippen LogP contribution in [0, 0.1) is 0 Å². The van der Waals surface area contributed by atoms with E-state index in [0.29, 0.717) is 6.54 Å². The van der Waals surface area contributed by atoms with Crippen molar-refractivity contribution in [2.24, 2.45) is 0 Å². The summed E-state index contributed by atoms with van der Waals surface area (Å²) in [7, 11) is 0. The Kier molecular flexibility index (Phi) is 5.11. The Morgan fingerprint density at radius 1 is 1.38 bits per heavy atom. The van der Waals surface area contributed by atoms with Crippen LogP contribution in [0.2, 0.25) is 0 Å². The van der Waals surface area contributed by atoms with E-state index in [1.807, 2.05) is 4.90 Å². The first-order valence-electron chi connectivity index (χ1n) is 7.70. The fraction of sp³-hybridized carbons (Fsp3) is 0.667. The predicted molar refractivity (Wildman–Crippen MR) is 83.5 cm³/mol. The third-order valence-electron chi connectivity index (χ3n) is 4.12. The SMILES string of the molecule is O=C(NC[C@H]1CCCO1)N1CCN(Cc2cccs2)CC1. The van der Waals surface area contributed by atoms with E-state index in [-0.39, 0.29) is 12.1 Å². The van der Waals surface area contributed by atoms with Crippen molar-refractivity contribution in [1.82, 2.24) is 15.1 Å². The van der Waals surface area contributed by atoms with Crippen molar-refractivity contribution in [2.45, 2.75) is 25.5 Å². The predicted octanol–water partition coefficient (Wildman–Crippen LogP) is 1.75. The standard InChI is InChI=1S/C15H23N3O2S/c19-15(16-11-13-3-1-9-20-13)18-7-5-17(6-8-18)12-14-4-2-10-21-14/h2,4,10,13H,1,3,5-9,11-12H2,(H,16,19)/t13-/m1/s1. The van der Waals surface area contributed by atoms with E-state index in [4.69, 9.17) is 4.74 Å². The number of piperazine rings is 1. The van der Waals surface area contributed by atoms with Crippen molar-refractivity contribution >= 4 is 17.4 Å². The van der Waals surface area contributed by atoms with Gasteiger partial charge in [0.1, 0.15) is 0 Å². The Balaban J connectivity index is 1.37. The van der Waals surface area contributed by atoms with Gasteiger partial charge in [0.25, 0.3) is 0 Å². The van der Waals surface area contributed by atoms with E-state index >= 15 is 0 Å². The Hall–Kier alpha value is -1.11. The zero-order valence-corrected chi connectivity index (χ0v) is 13.1. The third kappa shape index (κ3) is 4.18. The van der Waals surface area contributed by atoms with E-state index in [1.165, 1.54) is 4.88 Å². The number of thiophene rings is 1. The molecule has 0 spiro atoms. The number of nitrogens with one attached hydrogen (secondary N) is 1. The molecule has 0 aromatic carbocycles. The van der Waals surface area contributed by atoms with Crippen molar-refractivity contribution in [3.05, 3.63) is 22.4 Å². The Morgan fingerprint density at radius 2 is 2.24 bits per heavy atom. The molecule has 0 saturated carbocycles. The summed E-state index contributed by atoms with van der Waals surface area (Å²) in [5.74, 6) is 0. The van der Waals surface area contributed by atoms with Gasteiger partial charge < -0.3 is 15.0 Å². The molecule has 3 rings (SSSR count). The van der Waals surface area contributed by atoms with Crippen LogP contribution in [0.3, 0.4) is 0 Å². The highest BCUT2D eigenvalue weighted by molar-refractivity contribution is 7.09. The molecule has 3 heterocycles. The summed E-state index contributed by atoms with van der Waals surface area (Å²) in [6.07, 6.45) is 2.39. The number of nitrogens with zero attached hydrogens (tertiary/aromatic N) is 2. The Morgan fingerprint density at radius 3 is 2.90 bits per heavy atom. The summed E-state index contributed by atoms with van der Waals surface area (Å²) in [6.45, 7) is 6.00. The van der Waals surface area contributed by atoms with Crippen LogP contribution in [-0.4, -0.2) is 61.3 Å². The number of hydrogen-bond donors (Lipinski definition) is 1. The van der Waals surface area contributed by atoms with Crippen LogP contribution in [0.1, 0.15) is 17.7 Å². The van der Waals surface area contributed by atoms with Crippen molar-refractivity contribution in [2.75, 3.05) is 39.3 Å². The van der Waals surface area contributed by atoms with Crippen molar-refractivity contribution < 1.29 is 9.53 Å². The highest BCUT2D eigenvalue weighted by Gasteiger charge is 2.22. The lowest BCUT2D eigenvalue weighted by Crippen LogP contribution is -2.52. The molecule has 2 saturated heterocycles. The molecule has 2 aliphatic rings. The molecule has 21 heavy (non-hydrogen) atoms. The van der Waals surface area contributed by atoms with E-state index in [0.717, 1.165) is 52.2 Å². The van der Waals surface area contributed by atoms with Crippen LogP contribution in [-0.2, 0) is 11.3 Å². The molecule has 1 aromatic heterocycles. The van der Waals surface area contributed by atoms with Gasteiger partial charge in [-0.05, 0) is 24.3 Å². The maximum atomic E-state index is 12.1. The second-order valence-corrected chi connectivity index (χ2v) is 6.70. The van der Waals surface area contributed by atoms with Crippen molar-refractivity contribution in [1.29, 1.82) is 0 Å². The summed E-state index contributed by atoms with van der Waals surface area (Å²) in [4.78, 5) is 17.8. The molecule has 2 fully saturated rings. The molecule has 0 unspecified atom stereocenters. The smallest absolute Gasteiger partial charge is 0.317 e. The second-order valence-electron chi connectivity index (χ2n) is 5.66. The van der Waals surface area contributed by atoms with Crippen LogP contribution in [0.15, 0.2) is 17.5 Å². The molecule has 0 radical (unpaired) electrons. The topological polar surface area (TPSA) is 44.8 Å². The quantitative estimate of drug-likeness (QED) is 0.922. The summed E-state index contributed by atoms with van der Waals surface area (Å²) in [6, 6.07) is 4.32. The normalized spacial score (nSPS) is 23.4. The first kappa shape index (κ1) is 14.8. The maximum absolute atomic E-state index is 12.1. The van der Waals surface area contributed by atoms with Gasteiger partial charge in [-0.15, -0.1) is 11.3 Å². The molecule has 1 N–H and O–H groups in total. The van der Waals surface area contributed by atoms with Gasteiger partial charge in [0.15, 0.2) is 0 Å². The molecule has 116 valence electrons. The first-order valence-corrected chi connectivity index (χ1v) is 8.58. The van der Waals surface area contributed by atoms with Crippen LogP contribution in [0.25, 0.3) is 0 Å². The monoisotopic (exact) mass is 309 g/mol. The summed E-state index contributed by atoms with van der Waals surface area (Å²) in [5, 5.41) is 5.12. The van der Waals surface area contributed by atoms with Crippen LogP contribution >= 0.6 is 11.3 Å². The number of amides is 2. The molecular formula is C15H23N3O2S. The second kappa shape index (κ2) is 7.24. The average Bonchev–Trinajstić information content (AvgIpc) is 3.19. The minimum absolute atomic E-state index is 0.0567. The molecule has 2 aliphatic heterocycles. The van der Waals surface area contributed by atoms with Crippen molar-refractivity contribution in [3.8, 4) is 0 Å². The zero-order chi connectivity index (χ0) is 14.5. The highest BCUT2D eigenvalue weighted by Crippen LogP contribution is 2.14. The molecule has 1 aromatic rings. The lowest BCUT2D eigenvalue weighted by Gasteiger charge is -2.34. The lowest BCUT2D eigenvalue weighted by atomic mass is 10.2. The van der Waals surface area contributed by atoms with Crippen molar-refractivity contribution in [3.63, 3.8) is 0 Å². The molecule has 2 amide bonds. The zero-order valence-electron chi connectivity index (χ0n) is 12.3. The van der Waals surface area contributed by atoms with Gasteiger partial charge in [-0.3, -0.25) is 4.90 Å². The largest absolute Gasteiger partial charge is 0.376 e. The van der Waals surface area contributed by atoms with Gasteiger partial charge in [0.05, 0.1) is 6.10 Å². The van der Waals surface area contributed by atoms with Crippen LogP contribution in [0.4, 0.5) is 4.79 Å². The highest BCUT2D eigenvalue weighted by atomic mass is 32.1. The minimum Gasteiger partial charge on any atom is -0.376 e. The summed E-state index contributed by atoms with van der Waals surface area (Å²) < 4.78 is 5.53. The first-order chi connectivity index (χ1) is 10.3. The number of rotatable bonds is 4. The fourth-order valence-electron chi connectivity index (χ4n) is 2.85. The van der Waals surface area contributed by atoms with E-state index in [1.54, 1.807) is 11.3 Å². The van der Waals surface area contributed by atoms with E-state index in [2.05, 4.69) is 27.7 Å². The molecular weight excluding hydrogens is 286 g/mol. The molecule has 5 nitrogen and oxygen atoms in total. The minimum atomic E-state index is 0.0567. The third-order valence-corrected chi connectivity index (χ3v) is 4.99. The van der Waals surface area contributed by atoms with Crippen LogP contribution < -0.4 is 5.32 Å². The number of urea groups is 1. The van der Waals surface area contributed by atoms with E-state index in [9.17, 15) is 4.79 Å². The number of carbonyl (C=O) groups excluding carboxylic acids is 1. The van der Waals surface area contributed by atoms with Gasteiger partial charge >= 0.3 is 6.03 Å². The number of carbonyl (C=O) groups is 1. The van der Waals surface area contributed by atoms with E-state index < -0.39 is 0 Å². The maximum Gasteiger partial charge on any atom is 0.317 e. The lowest BCUT2D eigenvalue weighted by molar-refractivity contribution is 0.104. The van der Waals surface area contributed by atoms with Gasteiger partial charge in [0.2, 0.25) is 0 Å². The van der Waals surface area contributed by atoms with Gasteiger partial charge in [0, 0.05) is 50.8 Å². The molecule has 1 atom stereocenters. The number of ether oxygens (including phenoxy) is 1. The van der Waals surface area contributed by atoms with Gasteiger partial charge in [-0.2, -0.15) is 0 Å². The Labute approximate surface area is 129 Å². The van der Waals surface area contributed by atoms with Gasteiger partial charge in [-0.1, -0.05) is 6.07 Å². The number of hydrogen-bond acceptors (Lipinski definition) is 4. The summed E-state index contributed by atoms with van der Waals surface area (Å²) in [5.41, 5.74) is 0. The average molecular weight is 309 g/mol. The van der Waals surface area contributed by atoms with Crippen LogP contribution in [0.5, 0.6) is 0 Å².